The average Bonchev–Trinajstić information content (AvgIpc) is 3.07. The number of esters is 1. The van der Waals surface area contributed by atoms with Crippen LogP contribution in [0.4, 0.5) is 11.6 Å². The van der Waals surface area contributed by atoms with Gasteiger partial charge >= 0.3 is 5.97 Å². The molecule has 1 aliphatic rings. The number of carbonyl (C=O) groups excluding carboxylic acids is 1. The fraction of sp³-hybridized carbons (Fsp3) is 0.421. The van der Waals surface area contributed by atoms with Crippen molar-refractivity contribution in [1.29, 1.82) is 0 Å². The number of nitro benzene ring substituents is 1. The van der Waals surface area contributed by atoms with Crippen molar-refractivity contribution in [2.45, 2.75) is 38.9 Å². The molecule has 0 radical (unpaired) electrons. The highest BCUT2D eigenvalue weighted by molar-refractivity contribution is 7.99. The van der Waals surface area contributed by atoms with E-state index in [-0.39, 0.29) is 12.3 Å². The van der Waals surface area contributed by atoms with E-state index in [1.54, 1.807) is 30.7 Å². The second-order valence-corrected chi connectivity index (χ2v) is 7.99. The van der Waals surface area contributed by atoms with Gasteiger partial charge in [-0.3, -0.25) is 10.1 Å². The summed E-state index contributed by atoms with van der Waals surface area (Å²) in [6.45, 7) is 8.00. The predicted molar refractivity (Wildman–Crippen MR) is 110 cm³/mol. The third-order valence-electron chi connectivity index (χ3n) is 4.29. The molecule has 29 heavy (non-hydrogen) atoms. The fourth-order valence-corrected chi connectivity index (χ4v) is 3.77. The molecule has 2 heterocycles. The Morgan fingerprint density at radius 3 is 2.66 bits per heavy atom. The third kappa shape index (κ3) is 4.42. The van der Waals surface area contributed by atoms with Crippen LogP contribution >= 0.6 is 11.8 Å². The lowest BCUT2D eigenvalue weighted by atomic mass is 9.95. The molecule has 0 bridgehead atoms. The molecule has 0 saturated carbocycles. The Morgan fingerprint density at radius 2 is 2.07 bits per heavy atom. The molecular weight excluding hydrogens is 394 g/mol. The Morgan fingerprint density at radius 1 is 1.38 bits per heavy atom. The van der Waals surface area contributed by atoms with Crippen molar-refractivity contribution in [2.75, 3.05) is 17.7 Å². The number of fused-ring (bicyclic) bond motifs is 1. The molecule has 1 N–H and O–H groups in total. The maximum Gasteiger partial charge on any atom is 0.338 e. The summed E-state index contributed by atoms with van der Waals surface area (Å²) < 4.78 is 6.90. The molecule has 1 aromatic carbocycles. The number of aromatic nitrogens is 3. The van der Waals surface area contributed by atoms with Gasteiger partial charge in [0.2, 0.25) is 11.1 Å². The van der Waals surface area contributed by atoms with Gasteiger partial charge in [0.15, 0.2) is 0 Å². The van der Waals surface area contributed by atoms with Crippen LogP contribution in [0.3, 0.4) is 0 Å². The van der Waals surface area contributed by atoms with E-state index in [2.05, 4.69) is 29.2 Å². The molecule has 10 heteroatoms. The maximum absolute atomic E-state index is 12.7. The van der Waals surface area contributed by atoms with Crippen LogP contribution in [0.1, 0.15) is 39.3 Å². The predicted octanol–water partition coefficient (Wildman–Crippen LogP) is 3.79. The van der Waals surface area contributed by atoms with E-state index < -0.39 is 16.9 Å². The van der Waals surface area contributed by atoms with Crippen molar-refractivity contribution >= 4 is 29.4 Å². The maximum atomic E-state index is 12.7. The van der Waals surface area contributed by atoms with Gasteiger partial charge in [-0.2, -0.15) is 4.98 Å². The van der Waals surface area contributed by atoms with Crippen molar-refractivity contribution in [3.05, 3.63) is 51.2 Å². The van der Waals surface area contributed by atoms with Crippen LogP contribution in [0.5, 0.6) is 0 Å². The number of thioether (sulfide) groups is 1. The topological polar surface area (TPSA) is 112 Å². The minimum absolute atomic E-state index is 0.0203. The zero-order valence-corrected chi connectivity index (χ0v) is 17.5. The van der Waals surface area contributed by atoms with Gasteiger partial charge in [-0.15, -0.1) is 5.10 Å². The van der Waals surface area contributed by atoms with Gasteiger partial charge in [-0.25, -0.2) is 9.48 Å². The second kappa shape index (κ2) is 8.64. The van der Waals surface area contributed by atoms with Gasteiger partial charge in [0.05, 0.1) is 17.1 Å². The van der Waals surface area contributed by atoms with E-state index in [1.165, 1.54) is 23.9 Å². The Balaban J connectivity index is 2.06. The van der Waals surface area contributed by atoms with E-state index in [0.29, 0.717) is 33.9 Å². The molecule has 9 nitrogen and oxygen atoms in total. The number of rotatable bonds is 7. The summed E-state index contributed by atoms with van der Waals surface area (Å²) >= 11 is 1.54. The first-order valence-electron chi connectivity index (χ1n) is 9.30. The second-order valence-electron chi connectivity index (χ2n) is 7.00. The van der Waals surface area contributed by atoms with Gasteiger partial charge in [-0.05, 0) is 37.5 Å². The number of benzene rings is 1. The minimum atomic E-state index is -0.591. The number of allylic oxidation sites excluding steroid dienone is 1. The van der Waals surface area contributed by atoms with E-state index in [9.17, 15) is 14.9 Å². The average molecular weight is 417 g/mol. The summed E-state index contributed by atoms with van der Waals surface area (Å²) in [5.41, 5.74) is 1.68. The molecule has 1 atom stereocenters. The number of hydrogen-bond acceptors (Lipinski definition) is 8. The summed E-state index contributed by atoms with van der Waals surface area (Å²) in [5.74, 6) is 1.40. The van der Waals surface area contributed by atoms with E-state index in [1.807, 2.05) is 0 Å². The molecule has 0 aliphatic carbocycles. The van der Waals surface area contributed by atoms with E-state index >= 15 is 0 Å². The first-order valence-corrected chi connectivity index (χ1v) is 10.3. The van der Waals surface area contributed by atoms with Gasteiger partial charge < -0.3 is 10.1 Å². The quantitative estimate of drug-likeness (QED) is 0.313. The van der Waals surface area contributed by atoms with Gasteiger partial charge in [-0.1, -0.05) is 25.6 Å². The molecule has 0 spiro atoms. The molecule has 0 unspecified atom stereocenters. The van der Waals surface area contributed by atoms with Crippen LogP contribution in [0.25, 0.3) is 0 Å². The number of carbonyl (C=O) groups is 1. The van der Waals surface area contributed by atoms with Crippen LogP contribution < -0.4 is 5.32 Å². The Labute approximate surface area is 172 Å². The lowest BCUT2D eigenvalue weighted by molar-refractivity contribution is -0.384. The van der Waals surface area contributed by atoms with Crippen LogP contribution in [0.15, 0.2) is 40.7 Å². The fourth-order valence-electron chi connectivity index (χ4n) is 2.99. The van der Waals surface area contributed by atoms with E-state index in [4.69, 9.17) is 4.74 Å². The molecule has 1 aliphatic heterocycles. The summed E-state index contributed by atoms with van der Waals surface area (Å²) in [6.07, 6.45) is 0. The molecular formula is C19H23N5O4S. The lowest BCUT2D eigenvalue weighted by Gasteiger charge is -2.28. The van der Waals surface area contributed by atoms with Crippen LogP contribution in [-0.4, -0.2) is 38.0 Å². The van der Waals surface area contributed by atoms with Crippen LogP contribution in [0.2, 0.25) is 0 Å². The minimum Gasteiger partial charge on any atom is -0.463 e. The number of nitro groups is 1. The standard InChI is InChI=1S/C19H23N5O4S/c1-5-28-17(25)15-12(4)20-18-21-19(29-10-11(2)3)22-23(18)16(15)13-6-8-14(9-7-13)24(26)27/h6-9,11,16H,5,10H2,1-4H3,(H,20,21,22)/t16-/m0/s1. The molecule has 0 fully saturated rings. The smallest absolute Gasteiger partial charge is 0.338 e. The highest BCUT2D eigenvalue weighted by atomic mass is 32.2. The monoisotopic (exact) mass is 417 g/mol. The van der Waals surface area contributed by atoms with Crippen LogP contribution in [-0.2, 0) is 9.53 Å². The molecule has 0 amide bonds. The summed E-state index contributed by atoms with van der Waals surface area (Å²) in [6, 6.07) is 5.51. The summed E-state index contributed by atoms with van der Waals surface area (Å²) in [5, 5.41) is 19.3. The first kappa shape index (κ1) is 20.8. The van der Waals surface area contributed by atoms with Crippen molar-refractivity contribution in [3.63, 3.8) is 0 Å². The number of hydrogen-bond donors (Lipinski definition) is 1. The van der Waals surface area contributed by atoms with Crippen molar-refractivity contribution in [1.82, 2.24) is 14.8 Å². The Kier molecular flexibility index (Phi) is 6.21. The highest BCUT2D eigenvalue weighted by Gasteiger charge is 2.35. The number of nitrogens with one attached hydrogen (secondary N) is 1. The summed E-state index contributed by atoms with van der Waals surface area (Å²) in [7, 11) is 0. The lowest BCUT2D eigenvalue weighted by Crippen LogP contribution is -2.29. The van der Waals surface area contributed by atoms with E-state index in [0.717, 1.165) is 5.75 Å². The molecule has 1 aromatic heterocycles. The van der Waals surface area contributed by atoms with Crippen molar-refractivity contribution in [2.24, 2.45) is 5.92 Å². The van der Waals surface area contributed by atoms with Crippen molar-refractivity contribution < 1.29 is 14.5 Å². The van der Waals surface area contributed by atoms with Crippen LogP contribution in [0, 0.1) is 16.0 Å². The molecule has 154 valence electrons. The van der Waals surface area contributed by atoms with Gasteiger partial charge in [0, 0.05) is 23.6 Å². The zero-order chi connectivity index (χ0) is 21.1. The first-order chi connectivity index (χ1) is 13.8. The Hall–Kier alpha value is -2.88. The number of nitrogens with zero attached hydrogens (tertiary/aromatic N) is 4. The van der Waals surface area contributed by atoms with Crippen molar-refractivity contribution in [3.8, 4) is 0 Å². The molecule has 3 rings (SSSR count). The third-order valence-corrected chi connectivity index (χ3v) is 5.56. The molecule has 0 saturated heterocycles. The highest BCUT2D eigenvalue weighted by Crippen LogP contribution is 2.37. The van der Waals surface area contributed by atoms with Gasteiger partial charge in [0.1, 0.15) is 6.04 Å². The summed E-state index contributed by atoms with van der Waals surface area (Å²) in [4.78, 5) is 27.8. The Bertz CT molecular complexity index is 952. The molecule has 2 aromatic rings. The normalized spacial score (nSPS) is 15.8. The zero-order valence-electron chi connectivity index (χ0n) is 16.7. The largest absolute Gasteiger partial charge is 0.463 e. The SMILES string of the molecule is CCOC(=O)C1=C(C)Nc2nc(SCC(C)C)nn2[C@H]1c1ccc([N+](=O)[O-])cc1. The van der Waals surface area contributed by atoms with Gasteiger partial charge in [0.25, 0.3) is 5.69 Å². The number of anilines is 1. The number of non-ortho nitro benzene ring substituents is 1. The number of ether oxygens (including phenoxy) is 1.